The molecule has 3 atom stereocenters. The Hall–Kier alpha value is -1.06. The summed E-state index contributed by atoms with van der Waals surface area (Å²) in [5.74, 6) is 2.95. The molecule has 0 spiro atoms. The molecule has 1 unspecified atom stereocenters. The van der Waals surface area contributed by atoms with Gasteiger partial charge in [-0.3, -0.25) is 4.90 Å². The van der Waals surface area contributed by atoms with Crippen molar-refractivity contribution in [3.8, 4) is 5.75 Å². The Bertz CT molecular complexity index is 460. The Kier molecular flexibility index (Phi) is 4.51. The maximum atomic E-state index is 9.69. The number of benzene rings is 1. The molecule has 2 aliphatic rings. The molecule has 0 bridgehead atoms. The lowest BCUT2D eigenvalue weighted by molar-refractivity contribution is 0.157. The topological polar surface area (TPSA) is 32.7 Å². The van der Waals surface area contributed by atoms with Crippen molar-refractivity contribution in [2.75, 3.05) is 26.2 Å². The van der Waals surface area contributed by atoms with Gasteiger partial charge in [0.05, 0.1) is 6.10 Å². The number of hydrogen-bond donors (Lipinski definition) is 1. The average molecular weight is 289 g/mol. The molecule has 0 aromatic heterocycles. The van der Waals surface area contributed by atoms with Crippen LogP contribution in [-0.2, 0) is 0 Å². The van der Waals surface area contributed by atoms with Crippen LogP contribution in [0.1, 0.15) is 38.2 Å². The van der Waals surface area contributed by atoms with E-state index in [-0.39, 0.29) is 6.10 Å². The molecule has 2 fully saturated rings. The van der Waals surface area contributed by atoms with Crippen molar-refractivity contribution in [1.29, 1.82) is 0 Å². The van der Waals surface area contributed by atoms with E-state index in [4.69, 9.17) is 4.74 Å². The van der Waals surface area contributed by atoms with E-state index in [2.05, 4.69) is 36.9 Å². The van der Waals surface area contributed by atoms with E-state index in [0.29, 0.717) is 17.8 Å². The van der Waals surface area contributed by atoms with Crippen molar-refractivity contribution in [1.82, 2.24) is 4.90 Å². The number of aliphatic hydroxyl groups excluding tert-OH is 1. The standard InChI is InChI=1S/C18H27NO2/c1-13(2)17-5-3-4-6-18(17)21-8-7-19-11-14-9-16(20)10-15(14)12-19/h3-6,13-16,20H,7-12H2,1-2H3/t14-,15+,16?. The van der Waals surface area contributed by atoms with Crippen molar-refractivity contribution in [2.24, 2.45) is 11.8 Å². The van der Waals surface area contributed by atoms with Crippen LogP contribution in [0, 0.1) is 11.8 Å². The van der Waals surface area contributed by atoms with Crippen LogP contribution in [0.2, 0.25) is 0 Å². The molecule has 21 heavy (non-hydrogen) atoms. The second-order valence-electron chi connectivity index (χ2n) is 6.95. The monoisotopic (exact) mass is 289 g/mol. The summed E-state index contributed by atoms with van der Waals surface area (Å²) in [5.41, 5.74) is 1.29. The third kappa shape index (κ3) is 3.41. The van der Waals surface area contributed by atoms with Crippen LogP contribution < -0.4 is 4.74 Å². The predicted octanol–water partition coefficient (Wildman–Crippen LogP) is 2.89. The van der Waals surface area contributed by atoms with Crippen LogP contribution in [0.15, 0.2) is 24.3 Å². The van der Waals surface area contributed by atoms with Crippen LogP contribution in [-0.4, -0.2) is 42.4 Å². The molecule has 116 valence electrons. The third-order valence-corrected chi connectivity index (χ3v) is 5.01. The number of aliphatic hydroxyl groups is 1. The zero-order valence-corrected chi connectivity index (χ0v) is 13.2. The Morgan fingerprint density at radius 3 is 2.52 bits per heavy atom. The Labute approximate surface area is 127 Å². The number of rotatable bonds is 5. The molecule has 3 heteroatoms. The smallest absolute Gasteiger partial charge is 0.122 e. The highest BCUT2D eigenvalue weighted by molar-refractivity contribution is 5.35. The van der Waals surface area contributed by atoms with Crippen molar-refractivity contribution in [2.45, 2.75) is 38.7 Å². The number of ether oxygens (including phenoxy) is 1. The van der Waals surface area contributed by atoms with Gasteiger partial charge in [-0.1, -0.05) is 32.0 Å². The third-order valence-electron chi connectivity index (χ3n) is 5.01. The first-order valence-electron chi connectivity index (χ1n) is 8.25. The van der Waals surface area contributed by atoms with Gasteiger partial charge in [-0.2, -0.15) is 0 Å². The normalized spacial score (nSPS) is 29.0. The maximum Gasteiger partial charge on any atom is 0.122 e. The van der Waals surface area contributed by atoms with E-state index < -0.39 is 0 Å². The van der Waals surface area contributed by atoms with Gasteiger partial charge in [0, 0.05) is 19.6 Å². The molecule has 3 nitrogen and oxygen atoms in total. The summed E-state index contributed by atoms with van der Waals surface area (Å²) in [6, 6.07) is 8.35. The van der Waals surface area contributed by atoms with E-state index in [0.717, 1.165) is 44.8 Å². The summed E-state index contributed by atoms with van der Waals surface area (Å²) < 4.78 is 6.01. The number of fused-ring (bicyclic) bond motifs is 1. The first kappa shape index (κ1) is 14.9. The van der Waals surface area contributed by atoms with E-state index in [1.54, 1.807) is 0 Å². The van der Waals surface area contributed by atoms with Crippen LogP contribution in [0.3, 0.4) is 0 Å². The number of nitrogens with zero attached hydrogens (tertiary/aromatic N) is 1. The largest absolute Gasteiger partial charge is 0.492 e. The molecule has 1 N–H and O–H groups in total. The second-order valence-corrected chi connectivity index (χ2v) is 6.95. The van der Waals surface area contributed by atoms with E-state index >= 15 is 0 Å². The zero-order valence-electron chi connectivity index (χ0n) is 13.2. The second kappa shape index (κ2) is 6.37. The lowest BCUT2D eigenvalue weighted by Gasteiger charge is -2.19. The molecule has 1 aromatic carbocycles. The predicted molar refractivity (Wildman–Crippen MR) is 84.7 cm³/mol. The molecule has 0 radical (unpaired) electrons. The number of hydrogen-bond acceptors (Lipinski definition) is 3. The van der Waals surface area contributed by atoms with Crippen LogP contribution >= 0.6 is 0 Å². The lowest BCUT2D eigenvalue weighted by atomic mass is 10.0. The zero-order chi connectivity index (χ0) is 14.8. The van der Waals surface area contributed by atoms with Crippen LogP contribution in [0.25, 0.3) is 0 Å². The summed E-state index contributed by atoms with van der Waals surface area (Å²) in [5, 5.41) is 9.69. The maximum absolute atomic E-state index is 9.69. The van der Waals surface area contributed by atoms with Gasteiger partial charge >= 0.3 is 0 Å². The summed E-state index contributed by atoms with van der Waals surface area (Å²) >= 11 is 0. The molecule has 1 aliphatic carbocycles. The highest BCUT2D eigenvalue weighted by atomic mass is 16.5. The molecular weight excluding hydrogens is 262 g/mol. The Morgan fingerprint density at radius 1 is 1.19 bits per heavy atom. The van der Waals surface area contributed by atoms with Crippen LogP contribution in [0.4, 0.5) is 0 Å². The molecule has 1 aromatic rings. The van der Waals surface area contributed by atoms with Gasteiger partial charge in [0.25, 0.3) is 0 Å². The minimum Gasteiger partial charge on any atom is -0.492 e. The summed E-state index contributed by atoms with van der Waals surface area (Å²) in [6.45, 7) is 8.43. The lowest BCUT2D eigenvalue weighted by Crippen LogP contribution is -2.28. The van der Waals surface area contributed by atoms with Crippen molar-refractivity contribution < 1.29 is 9.84 Å². The van der Waals surface area contributed by atoms with Crippen molar-refractivity contribution >= 4 is 0 Å². The molecule has 1 saturated heterocycles. The van der Waals surface area contributed by atoms with E-state index in [1.165, 1.54) is 5.56 Å². The summed E-state index contributed by atoms with van der Waals surface area (Å²) in [6.07, 6.45) is 1.95. The van der Waals surface area contributed by atoms with Gasteiger partial charge in [0.2, 0.25) is 0 Å². The fourth-order valence-electron chi connectivity index (χ4n) is 3.92. The highest BCUT2D eigenvalue weighted by Gasteiger charge is 2.39. The quantitative estimate of drug-likeness (QED) is 0.904. The fourth-order valence-corrected chi connectivity index (χ4v) is 3.92. The van der Waals surface area contributed by atoms with Crippen LogP contribution in [0.5, 0.6) is 5.75 Å². The van der Waals surface area contributed by atoms with Crippen molar-refractivity contribution in [3.05, 3.63) is 29.8 Å². The highest BCUT2D eigenvalue weighted by Crippen LogP contribution is 2.37. The molecule has 1 saturated carbocycles. The average Bonchev–Trinajstić information content (AvgIpc) is 2.96. The first-order chi connectivity index (χ1) is 10.1. The van der Waals surface area contributed by atoms with Gasteiger partial charge < -0.3 is 9.84 Å². The van der Waals surface area contributed by atoms with Gasteiger partial charge in [0.1, 0.15) is 12.4 Å². The molecule has 1 aliphatic heterocycles. The molecule has 0 amide bonds. The molecular formula is C18H27NO2. The summed E-state index contributed by atoms with van der Waals surface area (Å²) in [7, 11) is 0. The number of likely N-dealkylation sites (tertiary alicyclic amines) is 1. The van der Waals surface area contributed by atoms with Crippen molar-refractivity contribution in [3.63, 3.8) is 0 Å². The SMILES string of the molecule is CC(C)c1ccccc1OCCN1C[C@H]2CC(O)C[C@H]2C1. The molecule has 3 rings (SSSR count). The molecule has 1 heterocycles. The van der Waals surface area contributed by atoms with Gasteiger partial charge in [-0.15, -0.1) is 0 Å². The number of para-hydroxylation sites is 1. The summed E-state index contributed by atoms with van der Waals surface area (Å²) in [4.78, 5) is 2.50. The van der Waals surface area contributed by atoms with Gasteiger partial charge in [-0.05, 0) is 42.2 Å². The van der Waals surface area contributed by atoms with E-state index in [9.17, 15) is 5.11 Å². The first-order valence-corrected chi connectivity index (χ1v) is 8.25. The Balaban J connectivity index is 1.47. The van der Waals surface area contributed by atoms with E-state index in [1.807, 2.05) is 6.07 Å². The fraction of sp³-hybridized carbons (Fsp3) is 0.667. The Morgan fingerprint density at radius 2 is 1.86 bits per heavy atom. The van der Waals surface area contributed by atoms with Gasteiger partial charge in [-0.25, -0.2) is 0 Å². The minimum atomic E-state index is -0.0451. The minimum absolute atomic E-state index is 0.0451. The van der Waals surface area contributed by atoms with Gasteiger partial charge in [0.15, 0.2) is 0 Å².